The molecule has 3 amide bonds. The third-order valence-electron chi connectivity index (χ3n) is 7.51. The van der Waals surface area contributed by atoms with Crippen molar-refractivity contribution in [1.82, 2.24) is 15.5 Å². The number of nitrogens with two attached hydrogens (primary N) is 1. The zero-order valence-electron chi connectivity index (χ0n) is 31.8. The topological polar surface area (TPSA) is 145 Å². The molecule has 0 saturated heterocycles. The van der Waals surface area contributed by atoms with E-state index in [0.29, 0.717) is 31.7 Å². The molecule has 0 unspecified atom stereocenters. The molecule has 280 valence electrons. The first-order valence-electron chi connectivity index (χ1n) is 18.3. The van der Waals surface area contributed by atoms with Gasteiger partial charge in [0.15, 0.2) is 0 Å². The Morgan fingerprint density at radius 2 is 1.53 bits per heavy atom. The van der Waals surface area contributed by atoms with Gasteiger partial charge in [0.1, 0.15) is 29.6 Å². The summed E-state index contributed by atoms with van der Waals surface area (Å²) in [5.74, 6) is 0.654. The molecule has 0 bridgehead atoms. The van der Waals surface area contributed by atoms with Crippen LogP contribution in [0.2, 0.25) is 0 Å². The summed E-state index contributed by atoms with van der Waals surface area (Å²) in [5, 5.41) is 5.79. The largest absolute Gasteiger partial charge is 0.492 e. The number of ether oxygens (including phenoxy) is 3. The summed E-state index contributed by atoms with van der Waals surface area (Å²) in [6, 6.07) is 7.61. The number of benzene rings is 1. The molecule has 4 N–H and O–H groups in total. The van der Waals surface area contributed by atoms with Crippen molar-refractivity contribution in [2.45, 2.75) is 143 Å². The second-order valence-electron chi connectivity index (χ2n) is 14.7. The lowest BCUT2D eigenvalue weighted by Gasteiger charge is -2.24. The molecule has 0 spiro atoms. The first-order chi connectivity index (χ1) is 23.1. The van der Waals surface area contributed by atoms with Crippen LogP contribution in [-0.4, -0.2) is 85.3 Å². The maximum absolute atomic E-state index is 13.2. The molecule has 0 aromatic heterocycles. The van der Waals surface area contributed by atoms with Gasteiger partial charge in [-0.25, -0.2) is 9.59 Å². The molecule has 11 nitrogen and oxygen atoms in total. The van der Waals surface area contributed by atoms with Crippen molar-refractivity contribution < 1.29 is 28.6 Å². The van der Waals surface area contributed by atoms with Gasteiger partial charge < -0.3 is 30.6 Å². The van der Waals surface area contributed by atoms with Crippen LogP contribution in [0.5, 0.6) is 5.75 Å². The zero-order chi connectivity index (χ0) is 36.7. The van der Waals surface area contributed by atoms with Crippen molar-refractivity contribution in [3.05, 3.63) is 29.8 Å². The quantitative estimate of drug-likeness (QED) is 0.0809. The molecule has 1 aromatic rings. The number of hydrogen-bond donors (Lipinski definition) is 3. The van der Waals surface area contributed by atoms with E-state index in [1.54, 1.807) is 41.5 Å². The Morgan fingerprint density at radius 3 is 2.16 bits per heavy atom. The lowest BCUT2D eigenvalue weighted by atomic mass is 10.1. The summed E-state index contributed by atoms with van der Waals surface area (Å²) in [7, 11) is 0. The van der Waals surface area contributed by atoms with Gasteiger partial charge in [0, 0.05) is 18.8 Å². The molecule has 1 aromatic carbocycles. The fourth-order valence-electron chi connectivity index (χ4n) is 4.99. The number of nitrogens with one attached hydrogen (secondary N) is 2. The number of amides is 3. The van der Waals surface area contributed by atoms with Crippen molar-refractivity contribution in [3.63, 3.8) is 0 Å². The Bertz CT molecular complexity index is 1110. The number of unbranched alkanes of at least 4 members (excludes halogenated alkanes) is 4. The zero-order valence-corrected chi connectivity index (χ0v) is 31.8. The van der Waals surface area contributed by atoms with E-state index in [-0.39, 0.29) is 5.91 Å². The highest BCUT2D eigenvalue weighted by Crippen LogP contribution is 2.15. The molecule has 0 fully saturated rings. The first-order valence-corrected chi connectivity index (χ1v) is 18.3. The molecular formula is C38H67N5O6. The summed E-state index contributed by atoms with van der Waals surface area (Å²) in [5.41, 5.74) is 6.35. The summed E-state index contributed by atoms with van der Waals surface area (Å²) in [4.78, 5) is 44.1. The van der Waals surface area contributed by atoms with E-state index in [1.165, 1.54) is 5.56 Å². The minimum absolute atomic E-state index is 0.219. The summed E-state index contributed by atoms with van der Waals surface area (Å²) >= 11 is 0. The second kappa shape index (κ2) is 24.1. The van der Waals surface area contributed by atoms with Crippen molar-refractivity contribution in [2.75, 3.05) is 39.3 Å². The molecule has 0 heterocycles. The molecule has 0 aliphatic heterocycles. The Balaban J connectivity index is 2.58. The summed E-state index contributed by atoms with van der Waals surface area (Å²) in [6.07, 6.45) is 8.41. The highest BCUT2D eigenvalue weighted by Gasteiger charge is 2.24. The van der Waals surface area contributed by atoms with Gasteiger partial charge in [-0.05, 0) is 137 Å². The van der Waals surface area contributed by atoms with Gasteiger partial charge in [-0.15, -0.1) is 0 Å². The van der Waals surface area contributed by atoms with Crippen molar-refractivity contribution in [3.8, 4) is 5.75 Å². The number of nitrogens with zero attached hydrogens (tertiary/aromatic N) is 2. The summed E-state index contributed by atoms with van der Waals surface area (Å²) in [6.45, 7) is 19.2. The van der Waals surface area contributed by atoms with E-state index in [0.717, 1.165) is 89.7 Å². The lowest BCUT2D eigenvalue weighted by molar-refractivity contribution is -0.123. The molecule has 0 radical (unpaired) electrons. The summed E-state index contributed by atoms with van der Waals surface area (Å²) < 4.78 is 16.7. The van der Waals surface area contributed by atoms with Gasteiger partial charge >= 0.3 is 12.2 Å². The van der Waals surface area contributed by atoms with Gasteiger partial charge in [0.05, 0.1) is 0 Å². The number of hydrogen-bond acceptors (Lipinski definition) is 8. The van der Waals surface area contributed by atoms with Gasteiger partial charge in [0.2, 0.25) is 5.91 Å². The molecule has 49 heavy (non-hydrogen) atoms. The molecule has 1 rings (SSSR count). The Kier molecular flexibility index (Phi) is 21.5. The predicted molar refractivity (Wildman–Crippen MR) is 198 cm³/mol. The third-order valence-corrected chi connectivity index (χ3v) is 7.51. The predicted octanol–water partition coefficient (Wildman–Crippen LogP) is 7.20. The average Bonchev–Trinajstić information content (AvgIpc) is 2.99. The smallest absolute Gasteiger partial charge is 0.434 e. The lowest BCUT2D eigenvalue weighted by Crippen LogP contribution is -2.48. The Labute approximate surface area is 296 Å². The molecule has 0 saturated carbocycles. The van der Waals surface area contributed by atoms with E-state index in [4.69, 9.17) is 19.9 Å². The molecule has 0 aliphatic rings. The van der Waals surface area contributed by atoms with Crippen LogP contribution in [0, 0.1) is 0 Å². The van der Waals surface area contributed by atoms with Crippen LogP contribution in [0.1, 0.15) is 125 Å². The highest BCUT2D eigenvalue weighted by atomic mass is 16.6. The second-order valence-corrected chi connectivity index (χ2v) is 14.7. The number of aliphatic imine (C=N–C) groups is 1. The number of carbonyl (C=O) groups excluding carboxylic acids is 3. The average molecular weight is 690 g/mol. The minimum atomic E-state index is -0.706. The maximum Gasteiger partial charge on any atom is 0.434 e. The van der Waals surface area contributed by atoms with Crippen molar-refractivity contribution in [2.24, 2.45) is 10.7 Å². The minimum Gasteiger partial charge on any atom is -0.492 e. The third kappa shape index (κ3) is 23.8. The van der Waals surface area contributed by atoms with Gasteiger partial charge in [-0.2, -0.15) is 4.99 Å². The molecule has 0 aliphatic carbocycles. The molecular weight excluding hydrogens is 622 g/mol. The van der Waals surface area contributed by atoms with E-state index in [1.807, 2.05) is 19.1 Å². The van der Waals surface area contributed by atoms with Gasteiger partial charge in [-0.1, -0.05) is 38.3 Å². The van der Waals surface area contributed by atoms with Gasteiger partial charge in [0.25, 0.3) is 0 Å². The van der Waals surface area contributed by atoms with Crippen LogP contribution in [0.3, 0.4) is 0 Å². The fraction of sp³-hybridized carbons (Fsp3) is 0.737. The Morgan fingerprint density at radius 1 is 0.857 bits per heavy atom. The van der Waals surface area contributed by atoms with Crippen LogP contribution in [0.15, 0.2) is 29.3 Å². The van der Waals surface area contributed by atoms with E-state index in [9.17, 15) is 14.4 Å². The van der Waals surface area contributed by atoms with E-state index < -0.39 is 29.4 Å². The van der Waals surface area contributed by atoms with Crippen molar-refractivity contribution >= 4 is 23.8 Å². The van der Waals surface area contributed by atoms with Crippen LogP contribution >= 0.6 is 0 Å². The first kappa shape index (κ1) is 43.8. The number of alkyl carbamates (subject to hydrolysis) is 1. The van der Waals surface area contributed by atoms with Gasteiger partial charge in [-0.3, -0.25) is 9.69 Å². The number of rotatable bonds is 23. The number of aryl methyl sites for hydroxylation is 1. The van der Waals surface area contributed by atoms with Crippen LogP contribution in [-0.2, 0) is 20.7 Å². The van der Waals surface area contributed by atoms with Crippen LogP contribution < -0.4 is 21.1 Å². The Hall–Kier alpha value is -3.18. The SMILES string of the molecule is CCCCN(CCCNC(=O)[C@H](CCCCCC(C)=NC(=O)OC(C)(C)C)NC(=O)OC(C)(C)C)CCOc1ccc(CCCCN)cc1. The standard InChI is InChI=1S/C38H67N5O6/c1-9-10-26-43(28-29-47-32-22-20-31(21-23-32)18-14-15-24-39)27-16-25-40-34(44)33(42-36(46)49-38(6,7)8)19-13-11-12-17-30(2)41-35(45)48-37(3,4)5/h20-23,33H,9-19,24-29,39H2,1-8H3,(H,40,44)(H,42,46)/t33-/m0/s1. The normalized spacial score (nSPS) is 12.8. The van der Waals surface area contributed by atoms with Crippen LogP contribution in [0.4, 0.5) is 9.59 Å². The van der Waals surface area contributed by atoms with E-state index in [2.05, 4.69) is 39.6 Å². The molecule has 1 atom stereocenters. The highest BCUT2D eigenvalue weighted by molar-refractivity contribution is 5.91. The molecule has 11 heteroatoms. The fourth-order valence-corrected chi connectivity index (χ4v) is 4.99. The van der Waals surface area contributed by atoms with E-state index >= 15 is 0 Å². The maximum atomic E-state index is 13.2. The van der Waals surface area contributed by atoms with Crippen molar-refractivity contribution in [1.29, 1.82) is 0 Å². The number of carbonyl (C=O) groups is 3. The van der Waals surface area contributed by atoms with Crippen LogP contribution in [0.25, 0.3) is 0 Å². The monoisotopic (exact) mass is 690 g/mol.